The van der Waals surface area contributed by atoms with Crippen molar-refractivity contribution in [1.82, 2.24) is 10.3 Å². The van der Waals surface area contributed by atoms with Gasteiger partial charge in [-0.15, -0.1) is 0 Å². The van der Waals surface area contributed by atoms with E-state index in [1.165, 1.54) is 11.1 Å². The van der Waals surface area contributed by atoms with Crippen LogP contribution in [-0.2, 0) is 11.3 Å². The lowest BCUT2D eigenvalue weighted by Gasteiger charge is -2.05. The standard InChI is InChI=1S/C17H24N2O2/c1-14(2)7-6-8-15(3)10-12-21-17(20)19-13-16-9-4-5-11-18-16/h4-5,7,9-11H,6,8,12-13H2,1-3H3,(H,19,20). The largest absolute Gasteiger partial charge is 0.445 e. The summed E-state index contributed by atoms with van der Waals surface area (Å²) in [7, 11) is 0. The SMILES string of the molecule is CC(C)=CCCC(C)=CCOC(=O)NCc1ccccn1. The number of hydrogen-bond donors (Lipinski definition) is 1. The lowest BCUT2D eigenvalue weighted by molar-refractivity contribution is 0.157. The van der Waals surface area contributed by atoms with Crippen molar-refractivity contribution < 1.29 is 9.53 Å². The number of carbonyl (C=O) groups excluding carboxylic acids is 1. The predicted molar refractivity (Wildman–Crippen MR) is 84.8 cm³/mol. The minimum atomic E-state index is -0.422. The van der Waals surface area contributed by atoms with Crippen molar-refractivity contribution in [3.05, 3.63) is 53.4 Å². The van der Waals surface area contributed by atoms with Gasteiger partial charge < -0.3 is 10.1 Å². The molecule has 0 atom stereocenters. The number of nitrogens with one attached hydrogen (secondary N) is 1. The van der Waals surface area contributed by atoms with Crippen LogP contribution in [-0.4, -0.2) is 17.7 Å². The topological polar surface area (TPSA) is 51.2 Å². The van der Waals surface area contributed by atoms with Crippen molar-refractivity contribution in [2.24, 2.45) is 0 Å². The number of aromatic nitrogens is 1. The fourth-order valence-corrected chi connectivity index (χ4v) is 1.67. The van der Waals surface area contributed by atoms with Gasteiger partial charge >= 0.3 is 6.09 Å². The molecule has 114 valence electrons. The van der Waals surface area contributed by atoms with E-state index in [9.17, 15) is 4.79 Å². The molecule has 1 N–H and O–H groups in total. The maximum Gasteiger partial charge on any atom is 0.407 e. The van der Waals surface area contributed by atoms with Crippen LogP contribution < -0.4 is 5.32 Å². The summed E-state index contributed by atoms with van der Waals surface area (Å²) in [4.78, 5) is 15.6. The van der Waals surface area contributed by atoms with Gasteiger partial charge in [0, 0.05) is 6.20 Å². The normalized spacial score (nSPS) is 10.9. The summed E-state index contributed by atoms with van der Waals surface area (Å²) < 4.78 is 5.09. The smallest absolute Gasteiger partial charge is 0.407 e. The third-order valence-corrected chi connectivity index (χ3v) is 2.88. The van der Waals surface area contributed by atoms with Gasteiger partial charge in [0.15, 0.2) is 0 Å². The van der Waals surface area contributed by atoms with Crippen molar-refractivity contribution in [2.45, 2.75) is 40.2 Å². The van der Waals surface area contributed by atoms with Crippen molar-refractivity contribution >= 4 is 6.09 Å². The molecule has 1 aromatic heterocycles. The molecule has 4 nitrogen and oxygen atoms in total. The molecule has 0 spiro atoms. The molecule has 1 aromatic rings. The number of allylic oxidation sites excluding steroid dienone is 3. The molecule has 21 heavy (non-hydrogen) atoms. The predicted octanol–water partition coefficient (Wildman–Crippen LogP) is 4.00. The zero-order chi connectivity index (χ0) is 15.5. The molecule has 1 amide bonds. The van der Waals surface area contributed by atoms with E-state index in [1.54, 1.807) is 6.20 Å². The van der Waals surface area contributed by atoms with E-state index in [4.69, 9.17) is 4.74 Å². The number of alkyl carbamates (subject to hydrolysis) is 1. The van der Waals surface area contributed by atoms with Gasteiger partial charge in [-0.1, -0.05) is 23.3 Å². The molecule has 1 rings (SSSR count). The Bertz CT molecular complexity index is 489. The Balaban J connectivity index is 2.19. The van der Waals surface area contributed by atoms with Gasteiger partial charge in [0.05, 0.1) is 12.2 Å². The molecule has 0 aromatic carbocycles. The number of hydrogen-bond acceptors (Lipinski definition) is 3. The summed E-state index contributed by atoms with van der Waals surface area (Å²) in [5.74, 6) is 0. The van der Waals surface area contributed by atoms with Crippen LogP contribution >= 0.6 is 0 Å². The van der Waals surface area contributed by atoms with Crippen LogP contribution in [0.4, 0.5) is 4.79 Å². The number of nitrogens with zero attached hydrogens (tertiary/aromatic N) is 1. The highest BCUT2D eigenvalue weighted by Gasteiger charge is 2.01. The van der Waals surface area contributed by atoms with E-state index in [0.29, 0.717) is 13.2 Å². The summed E-state index contributed by atoms with van der Waals surface area (Å²) in [6.45, 7) is 6.91. The molecular weight excluding hydrogens is 264 g/mol. The van der Waals surface area contributed by atoms with Crippen LogP contribution in [0.1, 0.15) is 39.3 Å². The second kappa shape index (κ2) is 9.75. The fraction of sp³-hybridized carbons (Fsp3) is 0.412. The van der Waals surface area contributed by atoms with Gasteiger partial charge in [-0.2, -0.15) is 0 Å². The summed E-state index contributed by atoms with van der Waals surface area (Å²) in [6, 6.07) is 5.58. The third-order valence-electron chi connectivity index (χ3n) is 2.88. The molecule has 0 saturated heterocycles. The van der Waals surface area contributed by atoms with Crippen LogP contribution in [0.5, 0.6) is 0 Å². The highest BCUT2D eigenvalue weighted by molar-refractivity contribution is 5.67. The first-order valence-electron chi connectivity index (χ1n) is 7.17. The molecule has 1 heterocycles. The van der Waals surface area contributed by atoms with E-state index >= 15 is 0 Å². The van der Waals surface area contributed by atoms with E-state index < -0.39 is 6.09 Å². The van der Waals surface area contributed by atoms with Gasteiger partial charge in [0.1, 0.15) is 6.61 Å². The van der Waals surface area contributed by atoms with Crippen LogP contribution in [0, 0.1) is 0 Å². The summed E-state index contributed by atoms with van der Waals surface area (Å²) in [5, 5.41) is 2.67. The highest BCUT2D eigenvalue weighted by atomic mass is 16.5. The molecular formula is C17H24N2O2. The van der Waals surface area contributed by atoms with Crippen molar-refractivity contribution in [3.8, 4) is 0 Å². The fourth-order valence-electron chi connectivity index (χ4n) is 1.67. The Hall–Kier alpha value is -2.10. The second-order valence-corrected chi connectivity index (χ2v) is 5.14. The molecule has 0 unspecified atom stereocenters. The Morgan fingerprint density at radius 3 is 2.76 bits per heavy atom. The molecule has 0 saturated carbocycles. The molecule has 4 heteroatoms. The number of pyridine rings is 1. The van der Waals surface area contributed by atoms with Gasteiger partial charge in [0.25, 0.3) is 0 Å². The van der Waals surface area contributed by atoms with Crippen LogP contribution in [0.2, 0.25) is 0 Å². The number of amides is 1. The van der Waals surface area contributed by atoms with E-state index in [0.717, 1.165) is 18.5 Å². The quantitative estimate of drug-likeness (QED) is 0.771. The van der Waals surface area contributed by atoms with E-state index in [1.807, 2.05) is 31.2 Å². The molecule has 0 fully saturated rings. The third kappa shape index (κ3) is 8.63. The lowest BCUT2D eigenvalue weighted by atomic mass is 10.1. The maximum atomic E-state index is 11.5. The molecule has 0 aliphatic heterocycles. The van der Waals surface area contributed by atoms with Crippen LogP contribution in [0.15, 0.2) is 47.7 Å². The van der Waals surface area contributed by atoms with Crippen molar-refractivity contribution in [1.29, 1.82) is 0 Å². The van der Waals surface area contributed by atoms with Crippen molar-refractivity contribution in [3.63, 3.8) is 0 Å². The minimum Gasteiger partial charge on any atom is -0.445 e. The van der Waals surface area contributed by atoms with Crippen molar-refractivity contribution in [2.75, 3.05) is 6.61 Å². The van der Waals surface area contributed by atoms with Crippen LogP contribution in [0.3, 0.4) is 0 Å². The number of ether oxygens (including phenoxy) is 1. The molecule has 0 radical (unpaired) electrons. The first kappa shape index (κ1) is 17.0. The highest BCUT2D eigenvalue weighted by Crippen LogP contribution is 2.06. The van der Waals surface area contributed by atoms with Gasteiger partial charge in [-0.05, 0) is 51.8 Å². The Kier molecular flexibility index (Phi) is 7.87. The monoisotopic (exact) mass is 288 g/mol. The first-order chi connectivity index (χ1) is 10.1. The second-order valence-electron chi connectivity index (χ2n) is 5.14. The molecule has 0 bridgehead atoms. The average molecular weight is 288 g/mol. The van der Waals surface area contributed by atoms with E-state index in [2.05, 4.69) is 30.2 Å². The zero-order valence-corrected chi connectivity index (χ0v) is 13.1. The zero-order valence-electron chi connectivity index (χ0n) is 13.1. The minimum absolute atomic E-state index is 0.300. The van der Waals surface area contributed by atoms with Crippen LogP contribution in [0.25, 0.3) is 0 Å². The summed E-state index contributed by atoms with van der Waals surface area (Å²) in [6.07, 6.45) is 7.44. The summed E-state index contributed by atoms with van der Waals surface area (Å²) in [5.41, 5.74) is 3.36. The van der Waals surface area contributed by atoms with Gasteiger partial charge in [-0.25, -0.2) is 4.79 Å². The first-order valence-corrected chi connectivity index (χ1v) is 7.17. The Morgan fingerprint density at radius 2 is 2.10 bits per heavy atom. The van der Waals surface area contributed by atoms with E-state index in [-0.39, 0.29) is 0 Å². The average Bonchev–Trinajstić information content (AvgIpc) is 2.46. The Labute approximate surface area is 126 Å². The maximum absolute atomic E-state index is 11.5. The van der Waals surface area contributed by atoms with Gasteiger partial charge in [0.2, 0.25) is 0 Å². The lowest BCUT2D eigenvalue weighted by Crippen LogP contribution is -2.24. The molecule has 0 aliphatic rings. The molecule has 0 aliphatic carbocycles. The summed E-state index contributed by atoms with van der Waals surface area (Å²) >= 11 is 0. The number of carbonyl (C=O) groups is 1. The number of rotatable bonds is 7. The van der Waals surface area contributed by atoms with Gasteiger partial charge in [-0.3, -0.25) is 4.98 Å². The Morgan fingerprint density at radius 1 is 1.29 bits per heavy atom.